The Morgan fingerprint density at radius 3 is 2.67 bits per heavy atom. The maximum absolute atomic E-state index is 13.9. The molecule has 18 heavy (non-hydrogen) atoms. The van der Waals surface area contributed by atoms with Crippen LogP contribution < -0.4 is 5.73 Å². The predicted molar refractivity (Wildman–Crippen MR) is 66.0 cm³/mol. The van der Waals surface area contributed by atoms with Crippen molar-refractivity contribution in [2.75, 3.05) is 6.61 Å². The van der Waals surface area contributed by atoms with E-state index < -0.39 is 17.2 Å². The van der Waals surface area contributed by atoms with E-state index in [1.165, 1.54) is 6.07 Å². The Balaban J connectivity index is 2.45. The average Bonchev–Trinajstić information content (AvgIpc) is 2.70. The highest BCUT2D eigenvalue weighted by Gasteiger charge is 2.47. The van der Waals surface area contributed by atoms with Crippen molar-refractivity contribution in [1.29, 1.82) is 0 Å². The number of benzene rings is 1. The smallest absolute Gasteiger partial charge is 0.163 e. The van der Waals surface area contributed by atoms with E-state index in [0.29, 0.717) is 0 Å². The third-order valence-corrected chi connectivity index (χ3v) is 3.94. The van der Waals surface area contributed by atoms with E-state index in [9.17, 15) is 8.78 Å². The summed E-state index contributed by atoms with van der Waals surface area (Å²) in [7, 11) is 0. The fourth-order valence-electron chi connectivity index (χ4n) is 2.97. The van der Waals surface area contributed by atoms with Gasteiger partial charge >= 0.3 is 0 Å². The van der Waals surface area contributed by atoms with E-state index in [2.05, 4.69) is 0 Å². The summed E-state index contributed by atoms with van der Waals surface area (Å²) in [5.41, 5.74) is 5.64. The lowest BCUT2D eigenvalue weighted by Crippen LogP contribution is -2.45. The van der Waals surface area contributed by atoms with E-state index in [0.717, 1.165) is 18.9 Å². The van der Waals surface area contributed by atoms with Gasteiger partial charge in [0.1, 0.15) is 0 Å². The Morgan fingerprint density at radius 2 is 2.06 bits per heavy atom. The molecule has 1 heterocycles. The van der Waals surface area contributed by atoms with Crippen LogP contribution in [0.25, 0.3) is 0 Å². The van der Waals surface area contributed by atoms with Crippen molar-refractivity contribution in [2.45, 2.75) is 38.3 Å². The lowest BCUT2D eigenvalue weighted by Gasteiger charge is -2.31. The maximum atomic E-state index is 13.9. The molecule has 1 fully saturated rings. The number of ether oxygens (including phenoxy) is 1. The van der Waals surface area contributed by atoms with E-state index in [1.807, 2.05) is 13.8 Å². The molecule has 0 saturated carbocycles. The summed E-state index contributed by atoms with van der Waals surface area (Å²) >= 11 is 0. The molecule has 1 aromatic rings. The van der Waals surface area contributed by atoms with E-state index in [1.54, 1.807) is 6.07 Å². The Labute approximate surface area is 106 Å². The molecule has 2 rings (SSSR count). The van der Waals surface area contributed by atoms with Crippen molar-refractivity contribution in [3.05, 3.63) is 35.4 Å². The van der Waals surface area contributed by atoms with Gasteiger partial charge in [0.25, 0.3) is 0 Å². The monoisotopic (exact) mass is 255 g/mol. The molecule has 0 amide bonds. The Morgan fingerprint density at radius 1 is 1.33 bits per heavy atom. The molecule has 3 unspecified atom stereocenters. The molecule has 1 aliphatic rings. The van der Waals surface area contributed by atoms with Crippen LogP contribution in [-0.2, 0) is 10.3 Å². The summed E-state index contributed by atoms with van der Waals surface area (Å²) in [5.74, 6) is -1.69. The molecular weight excluding hydrogens is 236 g/mol. The van der Waals surface area contributed by atoms with E-state index in [-0.39, 0.29) is 24.2 Å². The minimum absolute atomic E-state index is 0.0128. The van der Waals surface area contributed by atoms with E-state index in [4.69, 9.17) is 10.5 Å². The molecule has 0 bridgehead atoms. The second-order valence-electron chi connectivity index (χ2n) is 4.91. The first-order chi connectivity index (χ1) is 8.54. The molecule has 0 aliphatic carbocycles. The van der Waals surface area contributed by atoms with Gasteiger partial charge in [-0.1, -0.05) is 26.0 Å². The summed E-state index contributed by atoms with van der Waals surface area (Å²) in [6.07, 6.45) is 1.63. The molecule has 2 N–H and O–H groups in total. The molecule has 4 heteroatoms. The van der Waals surface area contributed by atoms with Crippen LogP contribution in [0.15, 0.2) is 18.2 Å². The van der Waals surface area contributed by atoms with Gasteiger partial charge in [-0.3, -0.25) is 0 Å². The largest absolute Gasteiger partial charge is 0.376 e. The van der Waals surface area contributed by atoms with Gasteiger partial charge in [0.2, 0.25) is 0 Å². The van der Waals surface area contributed by atoms with Gasteiger partial charge in [0.05, 0.1) is 18.2 Å². The normalized spacial score (nSPS) is 31.8. The van der Waals surface area contributed by atoms with Crippen molar-refractivity contribution < 1.29 is 13.5 Å². The topological polar surface area (TPSA) is 35.2 Å². The fraction of sp³-hybridized carbons (Fsp3) is 0.571. The van der Waals surface area contributed by atoms with Crippen molar-refractivity contribution in [2.24, 2.45) is 11.7 Å². The summed E-state index contributed by atoms with van der Waals surface area (Å²) < 4.78 is 32.9. The van der Waals surface area contributed by atoms with Gasteiger partial charge in [0, 0.05) is 11.5 Å². The zero-order chi connectivity index (χ0) is 13.3. The minimum atomic E-state index is -0.929. The Kier molecular flexibility index (Phi) is 3.69. The van der Waals surface area contributed by atoms with Gasteiger partial charge < -0.3 is 10.5 Å². The molecule has 0 spiro atoms. The highest BCUT2D eigenvalue weighted by Crippen LogP contribution is 2.41. The second-order valence-corrected chi connectivity index (χ2v) is 4.91. The lowest BCUT2D eigenvalue weighted by atomic mass is 9.76. The van der Waals surface area contributed by atoms with Gasteiger partial charge in [0.15, 0.2) is 11.6 Å². The van der Waals surface area contributed by atoms with Crippen LogP contribution in [0.4, 0.5) is 8.78 Å². The van der Waals surface area contributed by atoms with Crippen molar-refractivity contribution >= 4 is 0 Å². The Hall–Kier alpha value is -1.00. The summed E-state index contributed by atoms with van der Waals surface area (Å²) in [5, 5.41) is 0. The van der Waals surface area contributed by atoms with Crippen LogP contribution in [-0.4, -0.2) is 12.7 Å². The SMILES string of the molecule is CCC1OCC(N)(c2cccc(F)c2F)C1CC. The van der Waals surface area contributed by atoms with Crippen LogP contribution in [0, 0.1) is 17.6 Å². The molecule has 1 aliphatic heterocycles. The standard InChI is InChI=1S/C14H19F2NO/c1-3-9-12(4-2)18-8-14(9,17)10-6-5-7-11(15)13(10)16/h5-7,9,12H,3-4,8,17H2,1-2H3. The summed E-state index contributed by atoms with van der Waals surface area (Å²) in [4.78, 5) is 0. The molecule has 100 valence electrons. The predicted octanol–water partition coefficient (Wildman–Crippen LogP) is 2.95. The molecule has 1 aromatic carbocycles. The lowest BCUT2D eigenvalue weighted by molar-refractivity contribution is 0.0858. The first kappa shape index (κ1) is 13.4. The van der Waals surface area contributed by atoms with Crippen molar-refractivity contribution in [1.82, 2.24) is 0 Å². The molecule has 2 nitrogen and oxygen atoms in total. The molecule has 0 aromatic heterocycles. The molecule has 1 saturated heterocycles. The number of hydrogen-bond acceptors (Lipinski definition) is 2. The number of hydrogen-bond donors (Lipinski definition) is 1. The number of rotatable bonds is 3. The summed E-state index contributed by atoms with van der Waals surface area (Å²) in [6.45, 7) is 4.26. The van der Waals surface area contributed by atoms with E-state index >= 15 is 0 Å². The molecule has 3 atom stereocenters. The summed E-state index contributed by atoms with van der Waals surface area (Å²) in [6, 6.07) is 4.16. The zero-order valence-corrected chi connectivity index (χ0v) is 10.7. The average molecular weight is 255 g/mol. The van der Waals surface area contributed by atoms with Gasteiger partial charge in [-0.15, -0.1) is 0 Å². The van der Waals surface area contributed by atoms with Gasteiger partial charge in [-0.2, -0.15) is 0 Å². The quantitative estimate of drug-likeness (QED) is 0.901. The van der Waals surface area contributed by atoms with Crippen molar-refractivity contribution in [3.8, 4) is 0 Å². The van der Waals surface area contributed by atoms with Crippen LogP contribution >= 0.6 is 0 Å². The van der Waals surface area contributed by atoms with Gasteiger partial charge in [-0.25, -0.2) is 8.78 Å². The highest BCUT2D eigenvalue weighted by molar-refractivity contribution is 5.29. The third-order valence-electron chi connectivity index (χ3n) is 3.94. The zero-order valence-electron chi connectivity index (χ0n) is 10.7. The highest BCUT2D eigenvalue weighted by atomic mass is 19.2. The van der Waals surface area contributed by atoms with Gasteiger partial charge in [-0.05, 0) is 18.9 Å². The van der Waals surface area contributed by atoms with Crippen LogP contribution in [0.3, 0.4) is 0 Å². The van der Waals surface area contributed by atoms with Crippen LogP contribution in [0.2, 0.25) is 0 Å². The first-order valence-electron chi connectivity index (χ1n) is 6.39. The minimum Gasteiger partial charge on any atom is -0.376 e. The second kappa shape index (κ2) is 4.94. The fourth-order valence-corrected chi connectivity index (χ4v) is 2.97. The molecular formula is C14H19F2NO. The Bertz CT molecular complexity index is 438. The third kappa shape index (κ3) is 1.93. The maximum Gasteiger partial charge on any atom is 0.163 e. The number of nitrogens with two attached hydrogens (primary N) is 1. The van der Waals surface area contributed by atoms with Crippen molar-refractivity contribution in [3.63, 3.8) is 0 Å². The van der Waals surface area contributed by atoms with Crippen LogP contribution in [0.5, 0.6) is 0 Å². The molecule has 0 radical (unpaired) electrons. The number of halogens is 2. The van der Waals surface area contributed by atoms with Crippen LogP contribution in [0.1, 0.15) is 32.3 Å². The first-order valence-corrected chi connectivity index (χ1v) is 6.39.